The molecule has 2 N–H and O–H groups in total. The third-order valence-corrected chi connectivity index (χ3v) is 5.89. The molecule has 3 aromatic rings. The van der Waals surface area contributed by atoms with E-state index in [9.17, 15) is 0 Å². The first kappa shape index (κ1) is 19.6. The molecule has 1 aromatic heterocycles. The number of nitrogens with two attached hydrogens (primary N) is 1. The molecule has 1 heterocycles. The van der Waals surface area contributed by atoms with Crippen LogP contribution in [0.3, 0.4) is 0 Å². The van der Waals surface area contributed by atoms with E-state index in [2.05, 4.69) is 6.92 Å². The van der Waals surface area contributed by atoms with Gasteiger partial charge in [0.15, 0.2) is 0 Å². The number of halogens is 4. The van der Waals surface area contributed by atoms with Crippen LogP contribution in [0.1, 0.15) is 10.4 Å². The molecule has 0 saturated carbocycles. The predicted octanol–water partition coefficient (Wildman–Crippen LogP) is 7.23. The second kappa shape index (κ2) is 8.09. The summed E-state index contributed by atoms with van der Waals surface area (Å²) in [6.07, 6.45) is 0. The van der Waals surface area contributed by atoms with E-state index < -0.39 is 0 Å². The van der Waals surface area contributed by atoms with Crippen LogP contribution < -0.4 is 5.73 Å². The van der Waals surface area contributed by atoms with E-state index in [0.29, 0.717) is 21.6 Å². The Hall–Kier alpha value is -0.740. The molecule has 0 aliphatic carbocycles. The van der Waals surface area contributed by atoms with Gasteiger partial charge in [-0.25, -0.2) is 0 Å². The SMILES string of the molecule is Cc1c(CN)sc(-c2ccc(Cl)cc2Cl)c1-c1ccc(Cl)cc1.Cl. The summed E-state index contributed by atoms with van der Waals surface area (Å²) in [5.74, 6) is 0. The van der Waals surface area contributed by atoms with Gasteiger partial charge in [0.25, 0.3) is 0 Å². The van der Waals surface area contributed by atoms with Crippen LogP contribution in [0.25, 0.3) is 21.6 Å². The standard InChI is InChI=1S/C18H14Cl3NS.ClH/c1-10-16(9-22)23-18(14-7-6-13(20)8-15(14)21)17(10)11-2-4-12(19)5-3-11;/h2-8H,9,22H2,1H3;1H. The lowest BCUT2D eigenvalue weighted by Crippen LogP contribution is -1.94. The van der Waals surface area contributed by atoms with Crippen molar-refractivity contribution >= 4 is 58.5 Å². The van der Waals surface area contributed by atoms with Gasteiger partial charge >= 0.3 is 0 Å². The smallest absolute Gasteiger partial charge is 0.0507 e. The third kappa shape index (κ3) is 3.75. The molecule has 0 fully saturated rings. The minimum atomic E-state index is 0. The van der Waals surface area contributed by atoms with Crippen molar-refractivity contribution in [1.29, 1.82) is 0 Å². The molecule has 1 nitrogen and oxygen atoms in total. The van der Waals surface area contributed by atoms with Crippen LogP contribution in [0.4, 0.5) is 0 Å². The summed E-state index contributed by atoms with van der Waals surface area (Å²) in [4.78, 5) is 2.25. The van der Waals surface area contributed by atoms with Crippen LogP contribution in [0.15, 0.2) is 42.5 Å². The predicted molar refractivity (Wildman–Crippen MR) is 110 cm³/mol. The van der Waals surface area contributed by atoms with E-state index >= 15 is 0 Å². The maximum atomic E-state index is 6.42. The third-order valence-electron chi connectivity index (χ3n) is 3.74. The lowest BCUT2D eigenvalue weighted by molar-refractivity contribution is 1.09. The Bertz CT molecular complexity index is 856. The molecular formula is C18H15Cl4NS. The fraction of sp³-hybridized carbons (Fsp3) is 0.111. The van der Waals surface area contributed by atoms with Gasteiger partial charge in [0.2, 0.25) is 0 Å². The van der Waals surface area contributed by atoms with E-state index in [0.717, 1.165) is 26.4 Å². The highest BCUT2D eigenvalue weighted by Crippen LogP contribution is 2.45. The van der Waals surface area contributed by atoms with Crippen LogP contribution >= 0.6 is 58.5 Å². The van der Waals surface area contributed by atoms with Crippen molar-refractivity contribution < 1.29 is 0 Å². The lowest BCUT2D eigenvalue weighted by atomic mass is 9.98. The highest BCUT2D eigenvalue weighted by atomic mass is 35.5. The Morgan fingerprint density at radius 2 is 1.58 bits per heavy atom. The van der Waals surface area contributed by atoms with Gasteiger partial charge in [-0.15, -0.1) is 23.7 Å². The monoisotopic (exact) mass is 417 g/mol. The molecule has 0 unspecified atom stereocenters. The first-order valence-corrected chi connectivity index (χ1v) is 9.00. The van der Waals surface area contributed by atoms with Crippen LogP contribution in [0, 0.1) is 6.92 Å². The maximum Gasteiger partial charge on any atom is 0.0507 e. The fourth-order valence-corrected chi connectivity index (χ4v) is 4.51. The van der Waals surface area contributed by atoms with Gasteiger partial charge in [-0.2, -0.15) is 0 Å². The first-order chi connectivity index (χ1) is 11.0. The van der Waals surface area contributed by atoms with Crippen LogP contribution in [0.2, 0.25) is 15.1 Å². The summed E-state index contributed by atoms with van der Waals surface area (Å²) in [7, 11) is 0. The molecular weight excluding hydrogens is 404 g/mol. The lowest BCUT2D eigenvalue weighted by Gasteiger charge is -2.08. The Morgan fingerprint density at radius 3 is 2.17 bits per heavy atom. The van der Waals surface area contributed by atoms with Gasteiger partial charge in [0.05, 0.1) is 5.02 Å². The molecule has 0 saturated heterocycles. The van der Waals surface area contributed by atoms with Gasteiger partial charge < -0.3 is 5.73 Å². The van der Waals surface area contributed by atoms with Crippen LogP contribution in [0.5, 0.6) is 0 Å². The molecule has 2 aromatic carbocycles. The molecule has 24 heavy (non-hydrogen) atoms. The zero-order valence-electron chi connectivity index (χ0n) is 12.8. The van der Waals surface area contributed by atoms with E-state index in [1.54, 1.807) is 17.4 Å². The largest absolute Gasteiger partial charge is 0.326 e. The highest BCUT2D eigenvalue weighted by Gasteiger charge is 2.19. The second-order valence-corrected chi connectivity index (χ2v) is 7.57. The normalized spacial score (nSPS) is 10.5. The summed E-state index contributed by atoms with van der Waals surface area (Å²) < 4.78 is 0. The molecule has 0 bridgehead atoms. The zero-order chi connectivity index (χ0) is 16.6. The van der Waals surface area contributed by atoms with Crippen molar-refractivity contribution in [2.75, 3.05) is 0 Å². The average Bonchev–Trinajstić information content (AvgIpc) is 2.85. The molecule has 0 atom stereocenters. The number of hydrogen-bond acceptors (Lipinski definition) is 2. The minimum absolute atomic E-state index is 0. The van der Waals surface area contributed by atoms with Crippen molar-refractivity contribution in [3.63, 3.8) is 0 Å². The van der Waals surface area contributed by atoms with Crippen molar-refractivity contribution in [2.24, 2.45) is 5.73 Å². The summed E-state index contributed by atoms with van der Waals surface area (Å²) in [5, 5.41) is 1.98. The van der Waals surface area contributed by atoms with E-state index in [1.807, 2.05) is 36.4 Å². The number of rotatable bonds is 3. The van der Waals surface area contributed by atoms with Gasteiger partial charge in [-0.1, -0.05) is 53.0 Å². The molecule has 6 heteroatoms. The first-order valence-electron chi connectivity index (χ1n) is 7.05. The Labute approximate surface area is 166 Å². The van der Waals surface area contributed by atoms with Crippen molar-refractivity contribution in [1.82, 2.24) is 0 Å². The minimum Gasteiger partial charge on any atom is -0.326 e. The molecule has 3 rings (SSSR count). The number of thiophene rings is 1. The number of hydrogen-bond donors (Lipinski definition) is 1. The van der Waals surface area contributed by atoms with Gasteiger partial charge in [-0.3, -0.25) is 0 Å². The quantitative estimate of drug-likeness (QED) is 0.476. The summed E-state index contributed by atoms with van der Waals surface area (Å²) in [6.45, 7) is 2.60. The van der Waals surface area contributed by atoms with E-state index in [1.165, 1.54) is 5.56 Å². The topological polar surface area (TPSA) is 26.0 Å². The summed E-state index contributed by atoms with van der Waals surface area (Å²) >= 11 is 20.1. The van der Waals surface area contributed by atoms with Crippen LogP contribution in [-0.4, -0.2) is 0 Å². The number of benzene rings is 2. The molecule has 0 spiro atoms. The molecule has 0 aliphatic heterocycles. The maximum absolute atomic E-state index is 6.42. The second-order valence-electron chi connectivity index (χ2n) is 5.19. The molecule has 0 aliphatic rings. The Balaban J connectivity index is 0.00000208. The van der Waals surface area contributed by atoms with Crippen molar-refractivity contribution in [3.8, 4) is 21.6 Å². The van der Waals surface area contributed by atoms with Crippen molar-refractivity contribution in [2.45, 2.75) is 13.5 Å². The van der Waals surface area contributed by atoms with Gasteiger partial charge in [0.1, 0.15) is 0 Å². The fourth-order valence-electron chi connectivity index (χ4n) is 2.58. The van der Waals surface area contributed by atoms with Crippen LogP contribution in [-0.2, 0) is 6.54 Å². The average molecular weight is 419 g/mol. The van der Waals surface area contributed by atoms with E-state index in [4.69, 9.17) is 40.5 Å². The molecule has 0 radical (unpaired) electrons. The van der Waals surface area contributed by atoms with Gasteiger partial charge in [0, 0.05) is 37.5 Å². The highest BCUT2D eigenvalue weighted by molar-refractivity contribution is 7.16. The zero-order valence-corrected chi connectivity index (χ0v) is 16.7. The van der Waals surface area contributed by atoms with Crippen molar-refractivity contribution in [3.05, 3.63) is 68.0 Å². The van der Waals surface area contributed by atoms with Gasteiger partial charge in [-0.05, 0) is 42.3 Å². The Kier molecular flexibility index (Phi) is 6.60. The summed E-state index contributed by atoms with van der Waals surface area (Å²) in [5.41, 5.74) is 10.3. The van der Waals surface area contributed by atoms with E-state index in [-0.39, 0.29) is 12.4 Å². The molecule has 0 amide bonds. The Morgan fingerprint density at radius 1 is 0.958 bits per heavy atom. The summed E-state index contributed by atoms with van der Waals surface area (Å²) in [6, 6.07) is 13.4. The molecule has 126 valence electrons.